The number of nitrogens with one attached hydrogen (secondary N) is 2. The van der Waals surface area contributed by atoms with E-state index >= 15 is 0 Å². The summed E-state index contributed by atoms with van der Waals surface area (Å²) in [4.78, 5) is 22.5. The molecule has 2 N–H and O–H groups in total. The number of aliphatic imine (C=N–C) groups is 1. The number of benzene rings is 1. The minimum absolute atomic E-state index is 0.257. The molecule has 0 spiro atoms. The molecule has 144 valence electrons. The Balaban J connectivity index is 1.55. The van der Waals surface area contributed by atoms with E-state index in [0.29, 0.717) is 26.1 Å². The van der Waals surface area contributed by atoms with E-state index in [2.05, 4.69) is 50.0 Å². The van der Waals surface area contributed by atoms with Crippen LogP contribution in [0.1, 0.15) is 36.7 Å². The first-order chi connectivity index (χ1) is 13.2. The normalized spacial score (nSPS) is 14.7. The van der Waals surface area contributed by atoms with Crippen LogP contribution in [0.5, 0.6) is 0 Å². The third kappa shape index (κ3) is 5.29. The van der Waals surface area contributed by atoms with Crippen molar-refractivity contribution in [3.63, 3.8) is 0 Å². The zero-order chi connectivity index (χ0) is 19.1. The van der Waals surface area contributed by atoms with Crippen molar-refractivity contribution in [2.45, 2.75) is 39.4 Å². The number of aromatic nitrogens is 3. The highest BCUT2D eigenvalue weighted by Crippen LogP contribution is 2.15. The smallest absolute Gasteiger partial charge is 0.222 e. The van der Waals surface area contributed by atoms with Crippen molar-refractivity contribution in [3.8, 4) is 0 Å². The summed E-state index contributed by atoms with van der Waals surface area (Å²) in [5, 5.41) is 10.6. The van der Waals surface area contributed by atoms with Crippen LogP contribution in [0.25, 0.3) is 0 Å². The Bertz CT molecular complexity index is 782. The number of rotatable bonds is 7. The maximum Gasteiger partial charge on any atom is 0.222 e. The molecule has 1 aliphatic heterocycles. The van der Waals surface area contributed by atoms with Crippen molar-refractivity contribution < 1.29 is 4.79 Å². The molecular formula is C19H27N7O. The van der Waals surface area contributed by atoms with E-state index in [-0.39, 0.29) is 5.91 Å². The lowest BCUT2D eigenvalue weighted by Crippen LogP contribution is -2.37. The fourth-order valence-corrected chi connectivity index (χ4v) is 3.00. The summed E-state index contributed by atoms with van der Waals surface area (Å²) in [7, 11) is 1.87. The van der Waals surface area contributed by atoms with Gasteiger partial charge in [-0.05, 0) is 24.5 Å². The first-order valence-corrected chi connectivity index (χ1v) is 9.36. The molecule has 2 heterocycles. The Labute approximate surface area is 159 Å². The van der Waals surface area contributed by atoms with Crippen LogP contribution in [0.15, 0.2) is 35.6 Å². The molecular weight excluding hydrogens is 342 g/mol. The van der Waals surface area contributed by atoms with Gasteiger partial charge in [-0.3, -0.25) is 9.48 Å². The number of amides is 1. The lowest BCUT2D eigenvalue weighted by atomic mass is 10.1. The minimum Gasteiger partial charge on any atom is -0.357 e. The summed E-state index contributed by atoms with van der Waals surface area (Å²) >= 11 is 0. The summed E-state index contributed by atoms with van der Waals surface area (Å²) in [6, 6.07) is 8.31. The quantitative estimate of drug-likeness (QED) is 0.566. The first-order valence-electron chi connectivity index (χ1n) is 9.36. The fourth-order valence-electron chi connectivity index (χ4n) is 3.00. The van der Waals surface area contributed by atoms with Gasteiger partial charge in [0, 0.05) is 33.1 Å². The molecule has 1 saturated heterocycles. The number of aryl methyl sites for hydroxylation is 1. The van der Waals surface area contributed by atoms with Gasteiger partial charge in [-0.15, -0.1) is 0 Å². The van der Waals surface area contributed by atoms with Crippen molar-refractivity contribution in [1.29, 1.82) is 0 Å². The van der Waals surface area contributed by atoms with Crippen LogP contribution in [0.2, 0.25) is 0 Å². The van der Waals surface area contributed by atoms with E-state index in [1.54, 1.807) is 11.0 Å². The Morgan fingerprint density at radius 1 is 1.22 bits per heavy atom. The maximum absolute atomic E-state index is 11.7. The Kier molecular flexibility index (Phi) is 6.40. The summed E-state index contributed by atoms with van der Waals surface area (Å²) in [5.74, 6) is 1.85. The van der Waals surface area contributed by atoms with Gasteiger partial charge in [-0.2, -0.15) is 5.10 Å². The van der Waals surface area contributed by atoms with E-state index in [1.807, 2.05) is 18.9 Å². The van der Waals surface area contributed by atoms with Gasteiger partial charge in [0.1, 0.15) is 12.2 Å². The zero-order valence-corrected chi connectivity index (χ0v) is 16.0. The van der Waals surface area contributed by atoms with Gasteiger partial charge >= 0.3 is 0 Å². The van der Waals surface area contributed by atoms with Gasteiger partial charge in [-0.25, -0.2) is 9.98 Å². The third-order valence-corrected chi connectivity index (χ3v) is 4.55. The lowest BCUT2D eigenvalue weighted by Gasteiger charge is -2.15. The van der Waals surface area contributed by atoms with Gasteiger partial charge in [0.05, 0.1) is 13.1 Å². The van der Waals surface area contributed by atoms with E-state index in [4.69, 9.17) is 0 Å². The van der Waals surface area contributed by atoms with Crippen LogP contribution in [-0.2, 0) is 31.5 Å². The first kappa shape index (κ1) is 18.9. The number of nitrogens with zero attached hydrogens (tertiary/aromatic N) is 5. The topological polar surface area (TPSA) is 87.4 Å². The molecule has 1 fully saturated rings. The molecule has 8 nitrogen and oxygen atoms in total. The van der Waals surface area contributed by atoms with Crippen LogP contribution in [0, 0.1) is 0 Å². The van der Waals surface area contributed by atoms with Crippen molar-refractivity contribution in [2.75, 3.05) is 13.1 Å². The highest BCUT2D eigenvalue weighted by atomic mass is 16.2. The summed E-state index contributed by atoms with van der Waals surface area (Å²) in [5.41, 5.74) is 2.28. The third-order valence-electron chi connectivity index (χ3n) is 4.55. The number of hydrogen-bond acceptors (Lipinski definition) is 4. The second kappa shape index (κ2) is 9.16. The number of carbonyl (C=O) groups is 1. The van der Waals surface area contributed by atoms with Gasteiger partial charge < -0.3 is 15.5 Å². The molecule has 8 heteroatoms. The molecule has 1 aromatic carbocycles. The average Bonchev–Trinajstić information content (AvgIpc) is 3.27. The predicted molar refractivity (Wildman–Crippen MR) is 104 cm³/mol. The van der Waals surface area contributed by atoms with Crippen LogP contribution >= 0.6 is 0 Å². The second-order valence-electron chi connectivity index (χ2n) is 6.58. The lowest BCUT2D eigenvalue weighted by molar-refractivity contribution is -0.128. The highest BCUT2D eigenvalue weighted by Gasteiger charge is 2.19. The van der Waals surface area contributed by atoms with E-state index < -0.39 is 0 Å². The van der Waals surface area contributed by atoms with Crippen LogP contribution < -0.4 is 10.6 Å². The maximum atomic E-state index is 11.7. The largest absolute Gasteiger partial charge is 0.357 e. The molecule has 0 unspecified atom stereocenters. The molecule has 0 bridgehead atoms. The number of carbonyl (C=O) groups excluding carboxylic acids is 1. The molecule has 0 radical (unpaired) electrons. The highest BCUT2D eigenvalue weighted by molar-refractivity contribution is 5.79. The Morgan fingerprint density at radius 2 is 2.00 bits per heavy atom. The number of guanidine groups is 1. The monoisotopic (exact) mass is 369 g/mol. The Hall–Kier alpha value is -2.90. The van der Waals surface area contributed by atoms with E-state index in [1.165, 1.54) is 0 Å². The minimum atomic E-state index is 0.257. The van der Waals surface area contributed by atoms with E-state index in [9.17, 15) is 4.79 Å². The average molecular weight is 369 g/mol. The molecule has 27 heavy (non-hydrogen) atoms. The predicted octanol–water partition coefficient (Wildman–Crippen LogP) is 1.19. The second-order valence-corrected chi connectivity index (χ2v) is 6.58. The van der Waals surface area contributed by atoms with Gasteiger partial charge in [-0.1, -0.05) is 24.3 Å². The molecule has 0 atom stereocenters. The Morgan fingerprint density at radius 3 is 2.63 bits per heavy atom. The van der Waals surface area contributed by atoms with Gasteiger partial charge in [0.15, 0.2) is 5.96 Å². The molecule has 3 rings (SSSR count). The molecule has 1 amide bonds. The summed E-state index contributed by atoms with van der Waals surface area (Å²) in [6.45, 7) is 5.53. The van der Waals surface area contributed by atoms with Crippen LogP contribution in [0.3, 0.4) is 0 Å². The number of likely N-dealkylation sites (tertiary alicyclic amines) is 1. The van der Waals surface area contributed by atoms with Crippen molar-refractivity contribution in [2.24, 2.45) is 12.0 Å². The van der Waals surface area contributed by atoms with Crippen molar-refractivity contribution in [3.05, 3.63) is 47.5 Å². The summed E-state index contributed by atoms with van der Waals surface area (Å²) < 4.78 is 1.74. The van der Waals surface area contributed by atoms with E-state index in [0.717, 1.165) is 42.4 Å². The van der Waals surface area contributed by atoms with Gasteiger partial charge in [0.25, 0.3) is 0 Å². The van der Waals surface area contributed by atoms with Crippen LogP contribution in [0.4, 0.5) is 0 Å². The van der Waals surface area contributed by atoms with Crippen LogP contribution in [-0.4, -0.2) is 44.6 Å². The molecule has 1 aliphatic rings. The standard InChI is InChI=1S/C19H27N7O/c1-3-20-19(22-12-17-23-14-24-25(17)2)21-11-15-6-8-16(9-7-15)13-26-10-4-5-18(26)27/h6-9,14H,3-5,10-13H2,1-2H3,(H2,20,21,22). The molecule has 0 saturated carbocycles. The fraction of sp³-hybridized carbons (Fsp3) is 0.474. The SMILES string of the molecule is CCNC(=NCc1ccc(CN2CCCC2=O)cc1)NCc1ncnn1C. The van der Waals surface area contributed by atoms with Crippen molar-refractivity contribution >= 4 is 11.9 Å². The van der Waals surface area contributed by atoms with Gasteiger partial charge in [0.2, 0.25) is 5.91 Å². The van der Waals surface area contributed by atoms with Crippen molar-refractivity contribution in [1.82, 2.24) is 30.3 Å². The molecule has 2 aromatic rings. The zero-order valence-electron chi connectivity index (χ0n) is 16.0. The molecule has 0 aliphatic carbocycles. The number of hydrogen-bond donors (Lipinski definition) is 2. The molecule has 1 aromatic heterocycles. The summed E-state index contributed by atoms with van der Waals surface area (Å²) in [6.07, 6.45) is 3.19.